The second kappa shape index (κ2) is 8.99. The van der Waals surface area contributed by atoms with Crippen LogP contribution in [0.3, 0.4) is 0 Å². The average Bonchev–Trinajstić information content (AvgIpc) is 3.52. The molecule has 3 aromatic rings. The number of hydrogen-bond acceptors (Lipinski definition) is 5. The second-order valence-corrected chi connectivity index (χ2v) is 9.00. The first-order valence-corrected chi connectivity index (χ1v) is 11.5. The zero-order chi connectivity index (χ0) is 21.0. The fourth-order valence-electron chi connectivity index (χ4n) is 3.52. The van der Waals surface area contributed by atoms with Gasteiger partial charge in [0.1, 0.15) is 0 Å². The normalized spacial score (nSPS) is 15.4. The van der Waals surface area contributed by atoms with Crippen LogP contribution in [0.4, 0.5) is 0 Å². The summed E-state index contributed by atoms with van der Waals surface area (Å²) in [5, 5.41) is 15.3. The van der Waals surface area contributed by atoms with E-state index in [0.29, 0.717) is 48.4 Å². The van der Waals surface area contributed by atoms with Gasteiger partial charge in [-0.3, -0.25) is 4.79 Å². The summed E-state index contributed by atoms with van der Waals surface area (Å²) in [5.74, 6) is 0.199. The summed E-state index contributed by atoms with van der Waals surface area (Å²) in [4.78, 5) is 22.9. The number of piperazine rings is 1. The van der Waals surface area contributed by atoms with Gasteiger partial charge in [0.15, 0.2) is 5.96 Å². The monoisotopic (exact) mass is 440 g/mol. The van der Waals surface area contributed by atoms with Gasteiger partial charge in [-0.25, -0.2) is 4.99 Å². The predicted octanol–water partition coefficient (Wildman–Crippen LogP) is 2.70. The molecule has 3 N–H and O–H groups in total. The molecule has 0 radical (unpaired) electrons. The van der Waals surface area contributed by atoms with Gasteiger partial charge in [-0.15, -0.1) is 22.7 Å². The molecule has 6 nitrogen and oxygen atoms in total. The van der Waals surface area contributed by atoms with Crippen molar-refractivity contribution in [3.8, 4) is 0 Å². The number of carbonyl (C=O) groups is 1. The van der Waals surface area contributed by atoms with Crippen LogP contribution in [-0.4, -0.2) is 53.0 Å². The third-order valence-electron chi connectivity index (χ3n) is 5.22. The molecule has 156 valence electrons. The van der Waals surface area contributed by atoms with Gasteiger partial charge in [0, 0.05) is 26.2 Å². The Morgan fingerprint density at radius 1 is 0.933 bits per heavy atom. The number of nitrogens with zero attached hydrogens (tertiary/aromatic N) is 3. The van der Waals surface area contributed by atoms with Crippen molar-refractivity contribution in [1.29, 1.82) is 0 Å². The van der Waals surface area contributed by atoms with Crippen molar-refractivity contribution in [3.05, 3.63) is 80.7 Å². The van der Waals surface area contributed by atoms with Crippen molar-refractivity contribution in [2.45, 2.75) is 12.1 Å². The molecular weight excluding hydrogens is 416 g/mol. The van der Waals surface area contributed by atoms with E-state index in [1.54, 1.807) is 4.90 Å². The standard InChI is InChI=1S/C22H24N4O2S2/c23-21(24-16-17-6-2-1-3-7-17)26-12-10-25(11-13-26)20(27)22(28,18-8-4-14-29-18)19-9-5-15-30-19/h1-9,14-15,28H,10-13,16H2,(H2,23,24). The number of aliphatic imine (C=N–C) groups is 1. The van der Waals surface area contributed by atoms with Gasteiger partial charge >= 0.3 is 0 Å². The van der Waals surface area contributed by atoms with Crippen molar-refractivity contribution in [2.24, 2.45) is 10.7 Å². The van der Waals surface area contributed by atoms with E-state index in [2.05, 4.69) is 4.99 Å². The average molecular weight is 441 g/mol. The van der Waals surface area contributed by atoms with Crippen molar-refractivity contribution in [1.82, 2.24) is 9.80 Å². The molecule has 1 aliphatic heterocycles. The van der Waals surface area contributed by atoms with E-state index in [0.717, 1.165) is 5.56 Å². The molecule has 2 aromatic heterocycles. The van der Waals surface area contributed by atoms with Gasteiger partial charge < -0.3 is 20.6 Å². The smallest absolute Gasteiger partial charge is 0.265 e. The first-order valence-electron chi connectivity index (χ1n) is 9.77. The highest BCUT2D eigenvalue weighted by atomic mass is 32.1. The maximum Gasteiger partial charge on any atom is 0.265 e. The lowest BCUT2D eigenvalue weighted by atomic mass is 9.97. The highest BCUT2D eigenvalue weighted by Crippen LogP contribution is 2.37. The predicted molar refractivity (Wildman–Crippen MR) is 122 cm³/mol. The van der Waals surface area contributed by atoms with E-state index in [-0.39, 0.29) is 5.91 Å². The molecule has 4 rings (SSSR count). The molecule has 0 bridgehead atoms. The highest BCUT2D eigenvalue weighted by molar-refractivity contribution is 7.12. The molecule has 0 saturated carbocycles. The van der Waals surface area contributed by atoms with Crippen molar-refractivity contribution >= 4 is 34.5 Å². The largest absolute Gasteiger partial charge is 0.371 e. The molecule has 30 heavy (non-hydrogen) atoms. The van der Waals surface area contributed by atoms with Gasteiger partial charge in [0.05, 0.1) is 16.3 Å². The molecule has 0 spiro atoms. The number of benzene rings is 1. The first-order chi connectivity index (χ1) is 14.6. The van der Waals surface area contributed by atoms with Crippen molar-refractivity contribution < 1.29 is 9.90 Å². The summed E-state index contributed by atoms with van der Waals surface area (Å²) in [5.41, 5.74) is 5.65. The Bertz CT molecular complexity index is 945. The van der Waals surface area contributed by atoms with Gasteiger partial charge in [-0.2, -0.15) is 0 Å². The lowest BCUT2D eigenvalue weighted by Gasteiger charge is -2.38. The minimum atomic E-state index is -1.64. The van der Waals surface area contributed by atoms with Crippen LogP contribution >= 0.6 is 22.7 Å². The number of aliphatic hydroxyl groups is 1. The molecule has 1 aliphatic rings. The van der Waals surface area contributed by atoms with Gasteiger partial charge in [0.2, 0.25) is 5.60 Å². The van der Waals surface area contributed by atoms with Crippen LogP contribution in [0, 0.1) is 0 Å². The van der Waals surface area contributed by atoms with Crippen LogP contribution in [0.25, 0.3) is 0 Å². The van der Waals surface area contributed by atoms with E-state index in [1.165, 1.54) is 22.7 Å². The quantitative estimate of drug-likeness (QED) is 0.472. The fourth-order valence-corrected chi connectivity index (χ4v) is 5.25. The summed E-state index contributed by atoms with van der Waals surface area (Å²) in [6.07, 6.45) is 0. The molecule has 0 aliphatic carbocycles. The third kappa shape index (κ3) is 4.12. The van der Waals surface area contributed by atoms with E-state index in [1.807, 2.05) is 70.3 Å². The Morgan fingerprint density at radius 2 is 1.50 bits per heavy atom. The molecule has 0 unspecified atom stereocenters. The van der Waals surface area contributed by atoms with E-state index in [4.69, 9.17) is 5.73 Å². The maximum absolute atomic E-state index is 13.4. The lowest BCUT2D eigenvalue weighted by molar-refractivity contribution is -0.148. The van der Waals surface area contributed by atoms with Crippen LogP contribution in [0.1, 0.15) is 15.3 Å². The van der Waals surface area contributed by atoms with Gasteiger partial charge in [0.25, 0.3) is 5.91 Å². The minimum absolute atomic E-state index is 0.285. The zero-order valence-corrected chi connectivity index (χ0v) is 18.1. The number of thiophene rings is 2. The molecule has 1 saturated heterocycles. The highest BCUT2D eigenvalue weighted by Gasteiger charge is 2.45. The Morgan fingerprint density at radius 3 is 2.03 bits per heavy atom. The summed E-state index contributed by atoms with van der Waals surface area (Å²) in [7, 11) is 0. The molecule has 1 fully saturated rings. The van der Waals surface area contributed by atoms with Crippen molar-refractivity contribution in [2.75, 3.05) is 26.2 Å². The van der Waals surface area contributed by atoms with E-state index in [9.17, 15) is 9.90 Å². The molecule has 0 atom stereocenters. The maximum atomic E-state index is 13.4. The van der Waals surface area contributed by atoms with Crippen LogP contribution in [0.2, 0.25) is 0 Å². The fraction of sp³-hybridized carbons (Fsp3) is 0.273. The van der Waals surface area contributed by atoms with Crippen LogP contribution in [0.5, 0.6) is 0 Å². The summed E-state index contributed by atoms with van der Waals surface area (Å²) in [6, 6.07) is 17.3. The Labute approximate surface area is 183 Å². The number of carbonyl (C=O) groups excluding carboxylic acids is 1. The molecule has 8 heteroatoms. The van der Waals surface area contributed by atoms with Crippen LogP contribution in [-0.2, 0) is 16.9 Å². The first kappa shape index (κ1) is 20.6. The number of rotatable bonds is 5. The van der Waals surface area contributed by atoms with Gasteiger partial charge in [-0.05, 0) is 28.5 Å². The molecular formula is C22H24N4O2S2. The van der Waals surface area contributed by atoms with Gasteiger partial charge in [-0.1, -0.05) is 42.5 Å². The molecule has 1 amide bonds. The third-order valence-corrected chi connectivity index (χ3v) is 7.18. The van der Waals surface area contributed by atoms with E-state index < -0.39 is 5.60 Å². The molecule has 3 heterocycles. The van der Waals surface area contributed by atoms with Crippen molar-refractivity contribution in [3.63, 3.8) is 0 Å². The Hall–Kier alpha value is -2.68. The summed E-state index contributed by atoms with van der Waals surface area (Å²) in [6.45, 7) is 2.67. The number of nitrogens with two attached hydrogens (primary N) is 1. The zero-order valence-electron chi connectivity index (χ0n) is 16.5. The second-order valence-electron chi connectivity index (χ2n) is 7.10. The Kier molecular flexibility index (Phi) is 6.17. The van der Waals surface area contributed by atoms with Crippen LogP contribution < -0.4 is 5.73 Å². The number of guanidine groups is 1. The van der Waals surface area contributed by atoms with Crippen LogP contribution in [0.15, 0.2) is 70.3 Å². The number of amides is 1. The number of hydrogen-bond donors (Lipinski definition) is 2. The summed E-state index contributed by atoms with van der Waals surface area (Å²) >= 11 is 2.78. The molecule has 1 aromatic carbocycles. The SMILES string of the molecule is NC(=NCc1ccccc1)N1CCN(C(=O)C(O)(c2cccs2)c2cccs2)CC1. The summed E-state index contributed by atoms with van der Waals surface area (Å²) < 4.78 is 0. The topological polar surface area (TPSA) is 82.2 Å². The Balaban J connectivity index is 1.43. The van der Waals surface area contributed by atoms with E-state index >= 15 is 0 Å². The minimum Gasteiger partial charge on any atom is -0.371 e. The lowest BCUT2D eigenvalue weighted by Crippen LogP contribution is -2.56.